The number of hydrogen-bond acceptors (Lipinski definition) is 4. The Kier molecular flexibility index (Phi) is 6.00. The molecule has 0 saturated carbocycles. The van der Waals surface area contributed by atoms with Crippen molar-refractivity contribution < 1.29 is 27.8 Å². The van der Waals surface area contributed by atoms with E-state index in [0.29, 0.717) is 18.4 Å². The fraction of sp³-hybridized carbons (Fsp3) is 0.474. The van der Waals surface area contributed by atoms with Crippen LogP contribution in [0, 0.1) is 11.6 Å². The lowest BCUT2D eigenvalue weighted by atomic mass is 10.0. The summed E-state index contributed by atoms with van der Waals surface area (Å²) in [5.74, 6) is -2.46. The maximum absolute atomic E-state index is 13.6. The molecular formula is C19H23F2NO4. The van der Waals surface area contributed by atoms with E-state index < -0.39 is 41.4 Å². The van der Waals surface area contributed by atoms with E-state index in [-0.39, 0.29) is 0 Å². The molecule has 2 atom stereocenters. The standard InChI is InChI=1S/C19H23F2NO4/c1-19(2,3)26-18(24)22-13(7-10-17(23)25-4)6-9-16(22)12-5-8-14(20)15(21)11-12/h5,7-8,10-11,13,16H,6,9H2,1-4H3/t13-,16+/m0/s1. The lowest BCUT2D eigenvalue weighted by Gasteiger charge is -2.32. The number of ether oxygens (including phenoxy) is 2. The molecule has 1 heterocycles. The Morgan fingerprint density at radius 1 is 1.19 bits per heavy atom. The lowest BCUT2D eigenvalue weighted by Crippen LogP contribution is -2.40. The van der Waals surface area contributed by atoms with Gasteiger partial charge < -0.3 is 9.47 Å². The third-order valence-corrected chi connectivity index (χ3v) is 4.02. The monoisotopic (exact) mass is 367 g/mol. The number of hydrogen-bond donors (Lipinski definition) is 0. The maximum atomic E-state index is 13.6. The highest BCUT2D eigenvalue weighted by Gasteiger charge is 2.39. The minimum Gasteiger partial charge on any atom is -0.466 e. The number of methoxy groups -OCH3 is 1. The van der Waals surface area contributed by atoms with Crippen molar-refractivity contribution in [3.8, 4) is 0 Å². The van der Waals surface area contributed by atoms with Crippen molar-refractivity contribution in [1.82, 2.24) is 4.90 Å². The molecule has 0 aliphatic carbocycles. The molecule has 0 aromatic heterocycles. The molecule has 1 fully saturated rings. The van der Waals surface area contributed by atoms with Gasteiger partial charge in [0.15, 0.2) is 11.6 Å². The van der Waals surface area contributed by atoms with E-state index in [2.05, 4.69) is 4.74 Å². The van der Waals surface area contributed by atoms with E-state index in [0.717, 1.165) is 12.1 Å². The Bertz CT molecular complexity index is 712. The molecule has 0 spiro atoms. The van der Waals surface area contributed by atoms with Gasteiger partial charge in [-0.3, -0.25) is 4.90 Å². The molecular weight excluding hydrogens is 344 g/mol. The largest absolute Gasteiger partial charge is 0.466 e. The van der Waals surface area contributed by atoms with Crippen LogP contribution in [0.2, 0.25) is 0 Å². The van der Waals surface area contributed by atoms with Crippen LogP contribution in [0.15, 0.2) is 30.4 Å². The Hall–Kier alpha value is -2.44. The molecule has 1 saturated heterocycles. The van der Waals surface area contributed by atoms with Gasteiger partial charge >= 0.3 is 12.1 Å². The molecule has 1 aliphatic heterocycles. The highest BCUT2D eigenvalue weighted by molar-refractivity contribution is 5.82. The summed E-state index contributed by atoms with van der Waals surface area (Å²) in [6.45, 7) is 5.23. The third kappa shape index (κ3) is 4.80. The van der Waals surface area contributed by atoms with Gasteiger partial charge in [0.2, 0.25) is 0 Å². The summed E-state index contributed by atoms with van der Waals surface area (Å²) in [7, 11) is 1.26. The van der Waals surface area contributed by atoms with Crippen molar-refractivity contribution in [2.75, 3.05) is 7.11 Å². The number of likely N-dealkylation sites (tertiary alicyclic amines) is 1. The van der Waals surface area contributed by atoms with Crippen molar-refractivity contribution in [2.24, 2.45) is 0 Å². The van der Waals surface area contributed by atoms with Gasteiger partial charge in [-0.1, -0.05) is 12.1 Å². The zero-order chi connectivity index (χ0) is 19.5. The molecule has 1 amide bonds. The molecule has 26 heavy (non-hydrogen) atoms. The molecule has 5 nitrogen and oxygen atoms in total. The first-order chi connectivity index (χ1) is 12.1. The van der Waals surface area contributed by atoms with Gasteiger partial charge in [-0.25, -0.2) is 18.4 Å². The predicted molar refractivity (Wildman–Crippen MR) is 91.4 cm³/mol. The number of halogens is 2. The second-order valence-corrected chi connectivity index (χ2v) is 7.10. The summed E-state index contributed by atoms with van der Waals surface area (Å²) in [6, 6.07) is 2.68. The van der Waals surface area contributed by atoms with Gasteiger partial charge in [-0.2, -0.15) is 0 Å². The molecule has 7 heteroatoms. The smallest absolute Gasteiger partial charge is 0.411 e. The molecule has 0 N–H and O–H groups in total. The van der Waals surface area contributed by atoms with Gasteiger partial charge in [0, 0.05) is 6.08 Å². The number of benzene rings is 1. The minimum absolute atomic E-state index is 0.415. The molecule has 0 radical (unpaired) electrons. The van der Waals surface area contributed by atoms with Crippen LogP contribution in [-0.4, -0.2) is 35.7 Å². The van der Waals surface area contributed by atoms with Crippen molar-refractivity contribution in [1.29, 1.82) is 0 Å². The van der Waals surface area contributed by atoms with E-state index in [4.69, 9.17) is 4.74 Å². The molecule has 1 aromatic rings. The Morgan fingerprint density at radius 2 is 1.88 bits per heavy atom. The second kappa shape index (κ2) is 7.85. The van der Waals surface area contributed by atoms with Crippen LogP contribution < -0.4 is 0 Å². The number of carbonyl (C=O) groups excluding carboxylic acids is 2. The number of carbonyl (C=O) groups is 2. The highest BCUT2D eigenvalue weighted by atomic mass is 19.2. The van der Waals surface area contributed by atoms with Crippen molar-refractivity contribution in [3.63, 3.8) is 0 Å². The molecule has 1 aromatic carbocycles. The van der Waals surface area contributed by atoms with Crippen LogP contribution in [0.25, 0.3) is 0 Å². The van der Waals surface area contributed by atoms with Crippen LogP contribution in [0.5, 0.6) is 0 Å². The molecule has 2 rings (SSSR count). The zero-order valence-corrected chi connectivity index (χ0v) is 15.3. The first-order valence-electron chi connectivity index (χ1n) is 8.35. The Labute approximate surface area is 151 Å². The van der Waals surface area contributed by atoms with E-state index in [1.165, 1.54) is 24.2 Å². The van der Waals surface area contributed by atoms with Crippen molar-refractivity contribution in [3.05, 3.63) is 47.5 Å². The van der Waals surface area contributed by atoms with Crippen LogP contribution in [0.1, 0.15) is 45.2 Å². The van der Waals surface area contributed by atoms with Gasteiger partial charge in [0.25, 0.3) is 0 Å². The van der Waals surface area contributed by atoms with Gasteiger partial charge in [0.05, 0.1) is 19.2 Å². The number of rotatable bonds is 3. The summed E-state index contributed by atoms with van der Waals surface area (Å²) in [5, 5.41) is 0. The van der Waals surface area contributed by atoms with Crippen LogP contribution >= 0.6 is 0 Å². The predicted octanol–water partition coefficient (Wildman–Crippen LogP) is 4.13. The number of esters is 1. The highest BCUT2D eigenvalue weighted by Crippen LogP contribution is 2.38. The van der Waals surface area contributed by atoms with Crippen LogP contribution in [0.3, 0.4) is 0 Å². The topological polar surface area (TPSA) is 55.8 Å². The maximum Gasteiger partial charge on any atom is 0.411 e. The normalized spacial score (nSPS) is 20.5. The van der Waals surface area contributed by atoms with E-state index >= 15 is 0 Å². The zero-order valence-electron chi connectivity index (χ0n) is 15.3. The van der Waals surface area contributed by atoms with Crippen LogP contribution in [0.4, 0.5) is 13.6 Å². The SMILES string of the molecule is COC(=O)C=C[C@@H]1CC[C@H](c2ccc(F)c(F)c2)N1C(=O)OC(C)(C)C. The molecule has 142 valence electrons. The third-order valence-electron chi connectivity index (χ3n) is 4.02. The minimum atomic E-state index is -0.972. The summed E-state index contributed by atoms with van der Waals surface area (Å²) in [6.07, 6.45) is 3.31. The quantitative estimate of drug-likeness (QED) is 0.595. The number of amides is 1. The molecule has 0 unspecified atom stereocenters. The lowest BCUT2D eigenvalue weighted by molar-refractivity contribution is -0.134. The van der Waals surface area contributed by atoms with E-state index in [1.807, 2.05) is 0 Å². The first kappa shape index (κ1) is 19.9. The second-order valence-electron chi connectivity index (χ2n) is 7.10. The van der Waals surface area contributed by atoms with Gasteiger partial charge in [0.1, 0.15) is 5.60 Å². The summed E-state index contributed by atoms with van der Waals surface area (Å²) >= 11 is 0. The fourth-order valence-electron chi connectivity index (χ4n) is 2.91. The summed E-state index contributed by atoms with van der Waals surface area (Å²) in [5.41, 5.74) is -0.238. The summed E-state index contributed by atoms with van der Waals surface area (Å²) in [4.78, 5) is 25.5. The molecule has 0 bridgehead atoms. The summed E-state index contributed by atoms with van der Waals surface area (Å²) < 4.78 is 36.9. The van der Waals surface area contributed by atoms with E-state index in [1.54, 1.807) is 26.8 Å². The van der Waals surface area contributed by atoms with Gasteiger partial charge in [-0.05, 0) is 51.3 Å². The van der Waals surface area contributed by atoms with Crippen molar-refractivity contribution >= 4 is 12.1 Å². The number of nitrogens with zero attached hydrogens (tertiary/aromatic N) is 1. The molecule has 1 aliphatic rings. The fourth-order valence-corrected chi connectivity index (χ4v) is 2.91. The average molecular weight is 367 g/mol. The van der Waals surface area contributed by atoms with E-state index in [9.17, 15) is 18.4 Å². The Balaban J connectivity index is 2.33. The Morgan fingerprint density at radius 3 is 2.46 bits per heavy atom. The first-order valence-corrected chi connectivity index (χ1v) is 8.35. The van der Waals surface area contributed by atoms with Crippen LogP contribution in [-0.2, 0) is 14.3 Å². The van der Waals surface area contributed by atoms with Crippen molar-refractivity contribution in [2.45, 2.75) is 51.3 Å². The average Bonchev–Trinajstić information content (AvgIpc) is 2.97. The van der Waals surface area contributed by atoms with Gasteiger partial charge in [-0.15, -0.1) is 0 Å².